The van der Waals surface area contributed by atoms with Crippen LogP contribution in [0.3, 0.4) is 0 Å². The Morgan fingerprint density at radius 1 is 0.118 bits per heavy atom. The lowest BCUT2D eigenvalue weighted by Gasteiger charge is -2.26. The second-order valence-electron chi connectivity index (χ2n) is 17.0. The van der Waals surface area contributed by atoms with E-state index in [1.807, 2.05) is 0 Å². The average Bonchev–Trinajstić information content (AvgIpc) is 3.43. The molecule has 11 aromatic carbocycles. The van der Waals surface area contributed by atoms with Crippen LogP contribution in [0.15, 0.2) is 291 Å². The molecule has 0 saturated carbocycles. The summed E-state index contributed by atoms with van der Waals surface area (Å²) in [6, 6.07) is 104. The van der Waals surface area contributed by atoms with Gasteiger partial charge in [-0.3, -0.25) is 0 Å². The van der Waals surface area contributed by atoms with E-state index in [4.69, 9.17) is 0 Å². The molecule has 11 rings (SSSR count). The van der Waals surface area contributed by atoms with Crippen molar-refractivity contribution in [3.8, 4) is 66.8 Å². The molecule has 0 aromatic heterocycles. The molecule has 322 valence electrons. The third-order valence-electron chi connectivity index (χ3n) is 12.7. The number of hydrogen-bond donors (Lipinski definition) is 0. The fraction of sp³-hybridized carbons (Fsp3) is 0. The van der Waals surface area contributed by atoms with Crippen LogP contribution >= 0.6 is 0 Å². The maximum absolute atomic E-state index is 2.33. The standard InChI is InChI=1S/C66H48N2/c1-5-13-49(14-6-1)55-25-37-61(38-26-55)67(62-39-27-56(28-40-62)50-15-7-2-8-16-50)65-45-33-59(34-46-65)53-21-23-54(24-22-53)60-35-47-66(48-36-60)68(63-41-29-57(30-42-63)51-17-9-3-10-18-51)64-43-31-58(32-44-64)52-19-11-4-12-20-52/h1-48H. The van der Waals surface area contributed by atoms with Crippen LogP contribution in [0, 0.1) is 0 Å². The molecule has 0 spiro atoms. The van der Waals surface area contributed by atoms with Crippen LogP contribution in [0.1, 0.15) is 0 Å². The van der Waals surface area contributed by atoms with E-state index in [1.165, 1.54) is 66.8 Å². The first kappa shape index (κ1) is 41.7. The molecule has 0 bridgehead atoms. The van der Waals surface area contributed by atoms with Gasteiger partial charge in [-0.15, -0.1) is 0 Å². The Hall–Kier alpha value is -8.98. The third-order valence-corrected chi connectivity index (χ3v) is 12.7. The summed E-state index contributed by atoms with van der Waals surface area (Å²) in [7, 11) is 0. The molecule has 0 N–H and O–H groups in total. The molecular formula is C66H48N2. The smallest absolute Gasteiger partial charge is 0.0462 e. The van der Waals surface area contributed by atoms with Crippen LogP contribution in [-0.4, -0.2) is 0 Å². The van der Waals surface area contributed by atoms with Crippen molar-refractivity contribution in [2.75, 3.05) is 9.80 Å². The van der Waals surface area contributed by atoms with Crippen molar-refractivity contribution in [1.29, 1.82) is 0 Å². The molecule has 0 saturated heterocycles. The van der Waals surface area contributed by atoms with Crippen molar-refractivity contribution in [2.24, 2.45) is 0 Å². The van der Waals surface area contributed by atoms with Gasteiger partial charge >= 0.3 is 0 Å². The first-order chi connectivity index (χ1) is 33.7. The highest BCUT2D eigenvalue weighted by atomic mass is 15.1. The fourth-order valence-electron chi connectivity index (χ4n) is 9.09. The Labute approximate surface area is 400 Å². The predicted molar refractivity (Wildman–Crippen MR) is 288 cm³/mol. The quantitative estimate of drug-likeness (QED) is 0.121. The van der Waals surface area contributed by atoms with Gasteiger partial charge in [-0.05, 0) is 140 Å². The Balaban J connectivity index is 0.852. The monoisotopic (exact) mass is 868 g/mol. The molecule has 11 aromatic rings. The molecule has 2 nitrogen and oxygen atoms in total. The van der Waals surface area contributed by atoms with Crippen LogP contribution in [0.4, 0.5) is 34.1 Å². The molecule has 0 amide bonds. The summed E-state index contributed by atoms with van der Waals surface area (Å²) in [6.07, 6.45) is 0. The van der Waals surface area contributed by atoms with Crippen LogP contribution in [0.25, 0.3) is 66.8 Å². The van der Waals surface area contributed by atoms with E-state index in [0.717, 1.165) is 34.1 Å². The minimum atomic E-state index is 1.10. The van der Waals surface area contributed by atoms with Gasteiger partial charge in [0.1, 0.15) is 0 Å². The molecule has 0 unspecified atom stereocenters. The second kappa shape index (κ2) is 19.2. The van der Waals surface area contributed by atoms with Gasteiger partial charge in [0.15, 0.2) is 0 Å². The topological polar surface area (TPSA) is 6.48 Å². The number of hydrogen-bond acceptors (Lipinski definition) is 2. The average molecular weight is 869 g/mol. The highest BCUT2D eigenvalue weighted by Gasteiger charge is 2.16. The Kier molecular flexibility index (Phi) is 11.8. The summed E-state index contributed by atoms with van der Waals surface area (Å²) in [6.45, 7) is 0. The van der Waals surface area contributed by atoms with E-state index in [-0.39, 0.29) is 0 Å². The second-order valence-corrected chi connectivity index (χ2v) is 17.0. The molecule has 0 radical (unpaired) electrons. The maximum Gasteiger partial charge on any atom is 0.0462 e. The summed E-state index contributed by atoms with van der Waals surface area (Å²) in [5.74, 6) is 0. The normalized spacial score (nSPS) is 10.9. The van der Waals surface area contributed by atoms with Gasteiger partial charge in [0.25, 0.3) is 0 Å². The number of nitrogens with zero attached hydrogens (tertiary/aromatic N) is 2. The summed E-state index contributed by atoms with van der Waals surface area (Å²) in [4.78, 5) is 4.67. The van der Waals surface area contributed by atoms with Crippen molar-refractivity contribution in [2.45, 2.75) is 0 Å². The SMILES string of the molecule is c1ccc(-c2ccc(N(c3ccc(-c4ccccc4)cc3)c3ccc(-c4ccc(-c5ccc(N(c6ccc(-c7ccccc7)cc6)c6ccc(-c7ccccc7)cc6)cc5)cc4)cc3)cc2)cc1. The zero-order chi connectivity index (χ0) is 45.5. The van der Waals surface area contributed by atoms with Crippen molar-refractivity contribution >= 4 is 34.1 Å². The first-order valence-electron chi connectivity index (χ1n) is 23.2. The highest BCUT2D eigenvalue weighted by Crippen LogP contribution is 2.40. The fourth-order valence-corrected chi connectivity index (χ4v) is 9.09. The van der Waals surface area contributed by atoms with E-state index >= 15 is 0 Å². The molecular weight excluding hydrogens is 821 g/mol. The van der Waals surface area contributed by atoms with E-state index in [9.17, 15) is 0 Å². The molecule has 0 aliphatic rings. The molecule has 0 heterocycles. The third kappa shape index (κ3) is 9.00. The Morgan fingerprint density at radius 2 is 0.235 bits per heavy atom. The lowest BCUT2D eigenvalue weighted by atomic mass is 9.99. The number of rotatable bonds is 12. The first-order valence-corrected chi connectivity index (χ1v) is 23.2. The van der Waals surface area contributed by atoms with Gasteiger partial charge in [-0.1, -0.05) is 218 Å². The van der Waals surface area contributed by atoms with Crippen molar-refractivity contribution < 1.29 is 0 Å². The van der Waals surface area contributed by atoms with Gasteiger partial charge in [0.05, 0.1) is 0 Å². The molecule has 68 heavy (non-hydrogen) atoms. The van der Waals surface area contributed by atoms with Crippen LogP contribution in [0.5, 0.6) is 0 Å². The van der Waals surface area contributed by atoms with E-state index in [1.54, 1.807) is 0 Å². The van der Waals surface area contributed by atoms with Crippen LogP contribution in [-0.2, 0) is 0 Å². The highest BCUT2D eigenvalue weighted by molar-refractivity contribution is 5.83. The lowest BCUT2D eigenvalue weighted by molar-refractivity contribution is 1.28. The summed E-state index contributed by atoms with van der Waals surface area (Å²) in [5.41, 5.74) is 20.9. The Bertz CT molecular complexity index is 2940. The summed E-state index contributed by atoms with van der Waals surface area (Å²) in [5, 5.41) is 0. The molecule has 2 heteroatoms. The lowest BCUT2D eigenvalue weighted by Crippen LogP contribution is -2.09. The van der Waals surface area contributed by atoms with Gasteiger partial charge < -0.3 is 9.80 Å². The van der Waals surface area contributed by atoms with E-state index in [2.05, 4.69) is 301 Å². The van der Waals surface area contributed by atoms with Gasteiger partial charge in [0, 0.05) is 34.1 Å². The summed E-state index contributed by atoms with van der Waals surface area (Å²) >= 11 is 0. The predicted octanol–water partition coefficient (Wildman–Crippen LogP) is 18.6. The Morgan fingerprint density at radius 3 is 0.382 bits per heavy atom. The van der Waals surface area contributed by atoms with Gasteiger partial charge in [-0.2, -0.15) is 0 Å². The van der Waals surface area contributed by atoms with Gasteiger partial charge in [0.2, 0.25) is 0 Å². The zero-order valence-electron chi connectivity index (χ0n) is 37.6. The van der Waals surface area contributed by atoms with Crippen LogP contribution in [0.2, 0.25) is 0 Å². The molecule has 0 aliphatic carbocycles. The van der Waals surface area contributed by atoms with E-state index in [0.29, 0.717) is 0 Å². The minimum absolute atomic E-state index is 1.10. The van der Waals surface area contributed by atoms with Crippen LogP contribution < -0.4 is 9.80 Å². The van der Waals surface area contributed by atoms with Crippen molar-refractivity contribution in [3.63, 3.8) is 0 Å². The number of benzene rings is 11. The van der Waals surface area contributed by atoms with Gasteiger partial charge in [-0.25, -0.2) is 0 Å². The largest absolute Gasteiger partial charge is 0.311 e. The zero-order valence-corrected chi connectivity index (χ0v) is 37.6. The minimum Gasteiger partial charge on any atom is -0.311 e. The molecule has 0 fully saturated rings. The molecule has 0 atom stereocenters. The van der Waals surface area contributed by atoms with Crippen molar-refractivity contribution in [1.82, 2.24) is 0 Å². The molecule has 0 aliphatic heterocycles. The maximum atomic E-state index is 2.33. The number of anilines is 6. The van der Waals surface area contributed by atoms with E-state index < -0.39 is 0 Å². The summed E-state index contributed by atoms with van der Waals surface area (Å²) < 4.78 is 0. The van der Waals surface area contributed by atoms with Crippen molar-refractivity contribution in [3.05, 3.63) is 291 Å².